The van der Waals surface area contributed by atoms with E-state index in [0.717, 1.165) is 12.7 Å². The van der Waals surface area contributed by atoms with Crippen molar-refractivity contribution in [2.45, 2.75) is 66.5 Å². The Bertz CT molecular complexity index is 795. The molecule has 1 aromatic rings. The second-order valence-electron chi connectivity index (χ2n) is 8.86. The van der Waals surface area contributed by atoms with Gasteiger partial charge in [-0.1, -0.05) is 40.2 Å². The number of benzene rings is 1. The number of carbonyl (C=O) groups excluding carboxylic acids is 1. The first-order valence-electron chi connectivity index (χ1n) is 9.27. The van der Waals surface area contributed by atoms with E-state index < -0.39 is 39.1 Å². The molecule has 0 amide bonds. The number of hydrogen-bond donors (Lipinski definition) is 2. The lowest BCUT2D eigenvalue weighted by molar-refractivity contribution is -0.144. The van der Waals surface area contributed by atoms with Crippen molar-refractivity contribution < 1.29 is 27.2 Å². The van der Waals surface area contributed by atoms with Crippen LogP contribution >= 0.6 is 0 Å². The molecule has 0 radical (unpaired) electrons. The SMILES string of the molecule is CCCC(C)(C)C(=O)Oc1ccc(C(OS(C)(=O)=O)C(N)C(C)(C)C)cc1O. The minimum absolute atomic E-state index is 0.000337. The molecule has 0 saturated carbocycles. The van der Waals surface area contributed by atoms with E-state index in [0.29, 0.717) is 12.0 Å². The average Bonchev–Trinajstić information content (AvgIpc) is 2.52. The number of ether oxygens (including phenoxy) is 1. The molecule has 0 heterocycles. The molecule has 2 unspecified atom stereocenters. The molecular formula is C20H33NO6S. The van der Waals surface area contributed by atoms with Crippen molar-refractivity contribution in [2.75, 3.05) is 6.26 Å². The summed E-state index contributed by atoms with van der Waals surface area (Å²) >= 11 is 0. The van der Waals surface area contributed by atoms with Gasteiger partial charge in [-0.15, -0.1) is 0 Å². The summed E-state index contributed by atoms with van der Waals surface area (Å²) in [6, 6.07) is 3.60. The van der Waals surface area contributed by atoms with E-state index in [1.54, 1.807) is 13.8 Å². The van der Waals surface area contributed by atoms with Crippen molar-refractivity contribution in [2.24, 2.45) is 16.6 Å². The van der Waals surface area contributed by atoms with Gasteiger partial charge in [-0.05, 0) is 43.4 Å². The maximum absolute atomic E-state index is 12.4. The summed E-state index contributed by atoms with van der Waals surface area (Å²) in [5, 5.41) is 10.3. The number of hydrogen-bond acceptors (Lipinski definition) is 7. The van der Waals surface area contributed by atoms with Gasteiger partial charge in [0.05, 0.1) is 11.7 Å². The highest BCUT2D eigenvalue weighted by atomic mass is 32.2. The van der Waals surface area contributed by atoms with Crippen LogP contribution in [0.15, 0.2) is 18.2 Å². The summed E-state index contributed by atoms with van der Waals surface area (Å²) in [5.41, 5.74) is 5.47. The predicted molar refractivity (Wildman–Crippen MR) is 109 cm³/mol. The van der Waals surface area contributed by atoms with Crippen molar-refractivity contribution in [1.82, 2.24) is 0 Å². The molecule has 0 aliphatic heterocycles. The third-order valence-corrected chi connectivity index (χ3v) is 5.10. The number of carbonyl (C=O) groups is 1. The standard InChI is InChI=1S/C20H33NO6S/c1-8-11-20(5,6)18(23)26-15-10-9-13(12-14(15)22)16(27-28(7,24)25)17(21)19(2,3)4/h9-10,12,16-17,22H,8,11,21H2,1-7H3. The van der Waals surface area contributed by atoms with Crippen molar-refractivity contribution >= 4 is 16.1 Å². The smallest absolute Gasteiger partial charge is 0.317 e. The van der Waals surface area contributed by atoms with Gasteiger partial charge in [-0.3, -0.25) is 8.98 Å². The summed E-state index contributed by atoms with van der Waals surface area (Å²) < 4.78 is 34.0. The second kappa shape index (κ2) is 8.80. The zero-order valence-corrected chi connectivity index (χ0v) is 18.6. The Morgan fingerprint density at radius 2 is 1.79 bits per heavy atom. The van der Waals surface area contributed by atoms with E-state index in [1.807, 2.05) is 27.7 Å². The lowest BCUT2D eigenvalue weighted by Crippen LogP contribution is -2.42. The normalized spacial score (nSPS) is 15.1. The molecule has 1 aromatic carbocycles. The van der Waals surface area contributed by atoms with Crippen LogP contribution in [0.2, 0.25) is 0 Å². The second-order valence-corrected chi connectivity index (χ2v) is 10.5. The van der Waals surface area contributed by atoms with Gasteiger partial charge in [-0.2, -0.15) is 8.42 Å². The number of aromatic hydroxyl groups is 1. The Labute approximate surface area is 168 Å². The van der Waals surface area contributed by atoms with E-state index in [1.165, 1.54) is 18.2 Å². The summed E-state index contributed by atoms with van der Waals surface area (Å²) in [5.74, 6) is -0.741. The third kappa shape index (κ3) is 6.76. The van der Waals surface area contributed by atoms with Gasteiger partial charge in [-0.25, -0.2) is 0 Å². The molecule has 3 N–H and O–H groups in total. The minimum Gasteiger partial charge on any atom is -0.504 e. The lowest BCUT2D eigenvalue weighted by Gasteiger charge is -2.33. The molecule has 1 rings (SSSR count). The molecule has 0 bridgehead atoms. The molecule has 7 nitrogen and oxygen atoms in total. The van der Waals surface area contributed by atoms with E-state index >= 15 is 0 Å². The van der Waals surface area contributed by atoms with Crippen LogP contribution in [-0.2, 0) is 19.1 Å². The number of phenols is 1. The maximum atomic E-state index is 12.4. The molecule has 160 valence electrons. The Morgan fingerprint density at radius 3 is 2.21 bits per heavy atom. The van der Waals surface area contributed by atoms with Gasteiger partial charge in [0.1, 0.15) is 6.10 Å². The topological polar surface area (TPSA) is 116 Å². The molecule has 0 aliphatic carbocycles. The monoisotopic (exact) mass is 415 g/mol. The zero-order valence-electron chi connectivity index (χ0n) is 17.8. The van der Waals surface area contributed by atoms with Crippen LogP contribution in [-0.4, -0.2) is 31.8 Å². The van der Waals surface area contributed by atoms with Gasteiger partial charge >= 0.3 is 5.97 Å². The fourth-order valence-corrected chi connectivity index (χ4v) is 3.34. The molecule has 0 aliphatic rings. The maximum Gasteiger partial charge on any atom is 0.317 e. The van der Waals surface area contributed by atoms with Crippen LogP contribution in [0, 0.1) is 10.8 Å². The first-order chi connectivity index (χ1) is 12.6. The Hall–Kier alpha value is -1.64. The summed E-state index contributed by atoms with van der Waals surface area (Å²) in [4.78, 5) is 12.4. The largest absolute Gasteiger partial charge is 0.504 e. The summed E-state index contributed by atoms with van der Waals surface area (Å²) in [6.45, 7) is 11.1. The molecule has 0 saturated heterocycles. The van der Waals surface area contributed by atoms with Gasteiger partial charge < -0.3 is 15.6 Å². The zero-order chi connectivity index (χ0) is 21.9. The van der Waals surface area contributed by atoms with Crippen LogP contribution in [0.5, 0.6) is 11.5 Å². The summed E-state index contributed by atoms with van der Waals surface area (Å²) in [6.07, 6.45) is 1.42. The van der Waals surface area contributed by atoms with E-state index in [-0.39, 0.29) is 11.5 Å². The first kappa shape index (κ1) is 24.4. The average molecular weight is 416 g/mol. The van der Waals surface area contributed by atoms with Crippen molar-refractivity contribution in [3.63, 3.8) is 0 Å². The quantitative estimate of drug-likeness (QED) is 0.379. The molecule has 0 spiro atoms. The van der Waals surface area contributed by atoms with Crippen molar-refractivity contribution in [3.8, 4) is 11.5 Å². The van der Waals surface area contributed by atoms with E-state index in [9.17, 15) is 18.3 Å². The van der Waals surface area contributed by atoms with Crippen molar-refractivity contribution in [1.29, 1.82) is 0 Å². The lowest BCUT2D eigenvalue weighted by atomic mass is 9.82. The third-order valence-electron chi connectivity index (χ3n) is 4.55. The predicted octanol–water partition coefficient (Wildman–Crippen LogP) is 3.51. The first-order valence-corrected chi connectivity index (χ1v) is 11.1. The molecule has 0 aromatic heterocycles. The Balaban J connectivity index is 3.21. The van der Waals surface area contributed by atoms with Crippen LogP contribution in [0.3, 0.4) is 0 Å². The number of rotatable bonds is 8. The van der Waals surface area contributed by atoms with Crippen LogP contribution in [0.4, 0.5) is 0 Å². The highest BCUT2D eigenvalue weighted by Crippen LogP contribution is 2.37. The fourth-order valence-electron chi connectivity index (χ4n) is 2.73. The Kier molecular flexibility index (Phi) is 7.67. The van der Waals surface area contributed by atoms with E-state index in [2.05, 4.69) is 0 Å². The van der Waals surface area contributed by atoms with Crippen LogP contribution in [0.1, 0.15) is 66.1 Å². The highest BCUT2D eigenvalue weighted by molar-refractivity contribution is 7.86. The van der Waals surface area contributed by atoms with E-state index in [4.69, 9.17) is 14.7 Å². The molecule has 2 atom stereocenters. The number of phenolic OH excluding ortho intramolecular Hbond substituents is 1. The molecule has 0 fully saturated rings. The minimum atomic E-state index is -3.79. The number of esters is 1. The van der Waals surface area contributed by atoms with Crippen molar-refractivity contribution in [3.05, 3.63) is 23.8 Å². The summed E-state index contributed by atoms with van der Waals surface area (Å²) in [7, 11) is -3.79. The van der Waals surface area contributed by atoms with Gasteiger partial charge in [0.15, 0.2) is 11.5 Å². The fraction of sp³-hybridized carbons (Fsp3) is 0.650. The van der Waals surface area contributed by atoms with Gasteiger partial charge in [0.25, 0.3) is 10.1 Å². The van der Waals surface area contributed by atoms with Crippen LogP contribution < -0.4 is 10.5 Å². The van der Waals surface area contributed by atoms with Gasteiger partial charge in [0, 0.05) is 6.04 Å². The Morgan fingerprint density at radius 1 is 1.21 bits per heavy atom. The van der Waals surface area contributed by atoms with Crippen LogP contribution in [0.25, 0.3) is 0 Å². The highest BCUT2D eigenvalue weighted by Gasteiger charge is 2.34. The molecular weight excluding hydrogens is 382 g/mol. The van der Waals surface area contributed by atoms with Gasteiger partial charge in [0.2, 0.25) is 0 Å². The molecule has 28 heavy (non-hydrogen) atoms. The molecule has 8 heteroatoms. The number of nitrogens with two attached hydrogens (primary N) is 1.